The molecule has 2 N–H and O–H groups in total. The van der Waals surface area contributed by atoms with E-state index < -0.39 is 0 Å². The summed E-state index contributed by atoms with van der Waals surface area (Å²) in [5.41, 5.74) is 0.655. The third-order valence-corrected chi connectivity index (χ3v) is 1.57. The first-order valence-electron chi connectivity index (χ1n) is 2.79. The molecular weight excluding hydrogens is 152 g/mol. The molecule has 0 atom stereocenters. The van der Waals surface area contributed by atoms with Gasteiger partial charge in [-0.05, 0) is 18.6 Å². The second-order valence-electron chi connectivity index (χ2n) is 2.09. The van der Waals surface area contributed by atoms with E-state index in [-0.39, 0.29) is 16.5 Å². The van der Waals surface area contributed by atoms with Crippen LogP contribution in [0.1, 0.15) is 5.56 Å². The number of hydrogen-bond donors (Lipinski definition) is 2. The second kappa shape index (κ2) is 2.39. The Bertz CT molecular complexity index is 208. The van der Waals surface area contributed by atoms with Gasteiger partial charge < -0.3 is 10.2 Å². The SMILES string of the molecule is Cc1cc(Cl)c(O)cc1O. The molecule has 0 radical (unpaired) electrons. The Labute approximate surface area is 63.7 Å². The number of benzene rings is 1. The predicted molar refractivity (Wildman–Crippen MR) is 39.5 cm³/mol. The van der Waals surface area contributed by atoms with Crippen LogP contribution < -0.4 is 0 Å². The maximum absolute atomic E-state index is 9.01. The number of aryl methyl sites for hydroxylation is 1. The van der Waals surface area contributed by atoms with Gasteiger partial charge in [-0.3, -0.25) is 0 Å². The fraction of sp³-hybridized carbons (Fsp3) is 0.143. The fourth-order valence-corrected chi connectivity index (χ4v) is 0.868. The Morgan fingerprint density at radius 1 is 1.20 bits per heavy atom. The van der Waals surface area contributed by atoms with E-state index in [1.54, 1.807) is 6.92 Å². The molecule has 54 valence electrons. The van der Waals surface area contributed by atoms with E-state index in [1.807, 2.05) is 0 Å². The van der Waals surface area contributed by atoms with Gasteiger partial charge in [0, 0.05) is 6.07 Å². The van der Waals surface area contributed by atoms with Gasteiger partial charge >= 0.3 is 0 Å². The molecule has 0 saturated carbocycles. The molecule has 10 heavy (non-hydrogen) atoms. The normalized spacial score (nSPS) is 9.80. The highest BCUT2D eigenvalue weighted by molar-refractivity contribution is 6.32. The van der Waals surface area contributed by atoms with Gasteiger partial charge in [-0.2, -0.15) is 0 Å². The fourth-order valence-electron chi connectivity index (χ4n) is 0.650. The van der Waals surface area contributed by atoms with Crippen molar-refractivity contribution >= 4 is 11.6 Å². The van der Waals surface area contributed by atoms with Crippen LogP contribution in [0.5, 0.6) is 11.5 Å². The lowest BCUT2D eigenvalue weighted by Crippen LogP contribution is -1.74. The standard InChI is InChI=1S/C7H7ClO2/c1-4-2-5(8)7(10)3-6(4)9/h2-3,9-10H,1H3. The van der Waals surface area contributed by atoms with Crippen molar-refractivity contribution in [3.63, 3.8) is 0 Å². The van der Waals surface area contributed by atoms with E-state index in [2.05, 4.69) is 0 Å². The van der Waals surface area contributed by atoms with Crippen molar-refractivity contribution in [2.45, 2.75) is 6.92 Å². The van der Waals surface area contributed by atoms with Crippen molar-refractivity contribution < 1.29 is 10.2 Å². The summed E-state index contributed by atoms with van der Waals surface area (Å²) in [6, 6.07) is 2.73. The first kappa shape index (κ1) is 7.22. The molecule has 0 aliphatic rings. The molecule has 0 spiro atoms. The lowest BCUT2D eigenvalue weighted by molar-refractivity contribution is 0.448. The molecule has 0 amide bonds. The van der Waals surface area contributed by atoms with E-state index in [4.69, 9.17) is 21.8 Å². The van der Waals surface area contributed by atoms with Crippen molar-refractivity contribution in [2.24, 2.45) is 0 Å². The van der Waals surface area contributed by atoms with Crippen LogP contribution in [0.2, 0.25) is 5.02 Å². The van der Waals surface area contributed by atoms with E-state index in [9.17, 15) is 0 Å². The highest BCUT2D eigenvalue weighted by atomic mass is 35.5. The van der Waals surface area contributed by atoms with Gasteiger partial charge in [0.1, 0.15) is 11.5 Å². The average Bonchev–Trinajstić information content (AvgIpc) is 1.84. The van der Waals surface area contributed by atoms with Gasteiger partial charge in [-0.15, -0.1) is 0 Å². The van der Waals surface area contributed by atoms with Crippen LogP contribution >= 0.6 is 11.6 Å². The molecular formula is C7H7ClO2. The molecule has 0 heterocycles. The van der Waals surface area contributed by atoms with E-state index in [0.717, 1.165) is 0 Å². The minimum absolute atomic E-state index is 0.0573. The van der Waals surface area contributed by atoms with Gasteiger partial charge in [0.2, 0.25) is 0 Å². The summed E-state index contributed by atoms with van der Waals surface area (Å²) in [4.78, 5) is 0. The quantitative estimate of drug-likeness (QED) is 0.607. The summed E-state index contributed by atoms with van der Waals surface area (Å²) in [6.45, 7) is 1.71. The Balaban J connectivity index is 3.28. The van der Waals surface area contributed by atoms with Crippen LogP contribution in [0.4, 0.5) is 0 Å². The maximum Gasteiger partial charge on any atom is 0.137 e. The molecule has 0 aromatic heterocycles. The van der Waals surface area contributed by atoms with Crippen LogP contribution in [0, 0.1) is 6.92 Å². The van der Waals surface area contributed by atoms with Crippen LogP contribution in [-0.4, -0.2) is 10.2 Å². The molecule has 1 aromatic carbocycles. The number of phenolic OH excluding ortho intramolecular Hbond substituents is 2. The Kier molecular flexibility index (Phi) is 1.72. The first-order valence-corrected chi connectivity index (χ1v) is 3.17. The summed E-state index contributed by atoms with van der Waals surface area (Å²) >= 11 is 5.52. The molecule has 0 unspecified atom stereocenters. The van der Waals surface area contributed by atoms with E-state index in [0.29, 0.717) is 5.56 Å². The van der Waals surface area contributed by atoms with Crippen LogP contribution in [0.25, 0.3) is 0 Å². The number of aromatic hydroxyl groups is 2. The number of rotatable bonds is 0. The first-order chi connectivity index (χ1) is 4.61. The molecule has 1 aromatic rings. The van der Waals surface area contributed by atoms with Crippen molar-refractivity contribution in [1.82, 2.24) is 0 Å². The van der Waals surface area contributed by atoms with Gasteiger partial charge in [-0.1, -0.05) is 11.6 Å². The van der Waals surface area contributed by atoms with Gasteiger partial charge in [0.25, 0.3) is 0 Å². The van der Waals surface area contributed by atoms with Crippen molar-refractivity contribution in [1.29, 1.82) is 0 Å². The minimum Gasteiger partial charge on any atom is -0.508 e. The van der Waals surface area contributed by atoms with Crippen molar-refractivity contribution in [3.05, 3.63) is 22.7 Å². The monoisotopic (exact) mass is 158 g/mol. The second-order valence-corrected chi connectivity index (χ2v) is 2.50. The number of halogens is 1. The van der Waals surface area contributed by atoms with E-state index in [1.165, 1.54) is 12.1 Å². The lowest BCUT2D eigenvalue weighted by atomic mass is 10.2. The molecule has 3 heteroatoms. The maximum atomic E-state index is 9.01. The summed E-state index contributed by atoms with van der Waals surface area (Å²) < 4.78 is 0. The molecule has 0 fully saturated rings. The zero-order valence-electron chi connectivity index (χ0n) is 5.43. The molecule has 0 bridgehead atoms. The smallest absolute Gasteiger partial charge is 0.137 e. The summed E-state index contributed by atoms with van der Waals surface area (Å²) in [5, 5.41) is 18.2. The minimum atomic E-state index is -0.0928. The Hall–Kier alpha value is -0.890. The largest absolute Gasteiger partial charge is 0.508 e. The molecule has 1 rings (SSSR count). The lowest BCUT2D eigenvalue weighted by Gasteiger charge is -2.00. The molecule has 2 nitrogen and oxygen atoms in total. The summed E-state index contributed by atoms with van der Waals surface area (Å²) in [7, 11) is 0. The summed E-state index contributed by atoms with van der Waals surface area (Å²) in [6.07, 6.45) is 0. The van der Waals surface area contributed by atoms with Crippen LogP contribution in [0.3, 0.4) is 0 Å². The highest BCUT2D eigenvalue weighted by Crippen LogP contribution is 2.29. The third kappa shape index (κ3) is 1.16. The number of phenols is 2. The molecule has 0 aliphatic carbocycles. The summed E-state index contributed by atoms with van der Waals surface area (Å²) in [5.74, 6) is -0.0355. The third-order valence-electron chi connectivity index (χ3n) is 1.27. The van der Waals surface area contributed by atoms with Crippen molar-refractivity contribution in [2.75, 3.05) is 0 Å². The highest BCUT2D eigenvalue weighted by Gasteiger charge is 2.01. The van der Waals surface area contributed by atoms with Gasteiger partial charge in [-0.25, -0.2) is 0 Å². The Morgan fingerprint density at radius 2 is 1.80 bits per heavy atom. The van der Waals surface area contributed by atoms with Gasteiger partial charge in [0.05, 0.1) is 5.02 Å². The van der Waals surface area contributed by atoms with Crippen LogP contribution in [0.15, 0.2) is 12.1 Å². The molecule has 0 aliphatic heterocycles. The van der Waals surface area contributed by atoms with Crippen LogP contribution in [-0.2, 0) is 0 Å². The zero-order chi connectivity index (χ0) is 7.72. The predicted octanol–water partition coefficient (Wildman–Crippen LogP) is 2.06. The zero-order valence-corrected chi connectivity index (χ0v) is 6.18. The van der Waals surface area contributed by atoms with Crippen molar-refractivity contribution in [3.8, 4) is 11.5 Å². The average molecular weight is 159 g/mol. The Morgan fingerprint density at radius 3 is 2.30 bits per heavy atom. The van der Waals surface area contributed by atoms with Gasteiger partial charge in [0.15, 0.2) is 0 Å². The topological polar surface area (TPSA) is 40.5 Å². The van der Waals surface area contributed by atoms with E-state index >= 15 is 0 Å². The number of hydrogen-bond acceptors (Lipinski definition) is 2. The molecule has 0 saturated heterocycles.